The van der Waals surface area contributed by atoms with Crippen molar-refractivity contribution in [2.45, 2.75) is 24.7 Å². The van der Waals surface area contributed by atoms with Gasteiger partial charge in [0.2, 0.25) is 5.92 Å². The van der Waals surface area contributed by atoms with E-state index in [1.54, 1.807) is 18.2 Å². The highest BCUT2D eigenvalue weighted by molar-refractivity contribution is 5.25. The Morgan fingerprint density at radius 3 is 2.31 bits per heavy atom. The first-order valence-electron chi connectivity index (χ1n) is 4.21. The molecule has 0 heterocycles. The van der Waals surface area contributed by atoms with Crippen LogP contribution in [0, 0.1) is 5.82 Å². The van der Waals surface area contributed by atoms with Crippen molar-refractivity contribution in [3.05, 3.63) is 35.6 Å². The Hall–Kier alpha value is -0.990. The minimum Gasteiger partial charge on any atom is -0.207 e. The summed E-state index contributed by atoms with van der Waals surface area (Å²) in [5, 5.41) is 0. The number of benzene rings is 1. The molecular formula is C10H9F3. The Bertz CT molecular complexity index is 312. The molecule has 2 rings (SSSR count). The lowest BCUT2D eigenvalue weighted by molar-refractivity contribution is -0.0873. The Labute approximate surface area is 74.4 Å². The molecule has 0 N–H and O–H groups in total. The SMILES string of the molecule is Fc1ccccc1C1CC(F)(F)C1. The molecule has 0 atom stereocenters. The monoisotopic (exact) mass is 186 g/mol. The van der Waals surface area contributed by atoms with E-state index < -0.39 is 5.92 Å². The first-order chi connectivity index (χ1) is 6.08. The molecule has 0 spiro atoms. The zero-order valence-corrected chi connectivity index (χ0v) is 6.93. The van der Waals surface area contributed by atoms with Crippen molar-refractivity contribution in [1.82, 2.24) is 0 Å². The highest BCUT2D eigenvalue weighted by atomic mass is 19.3. The molecule has 1 aliphatic rings. The summed E-state index contributed by atoms with van der Waals surface area (Å²) in [4.78, 5) is 0. The molecule has 1 aromatic rings. The maximum Gasteiger partial charge on any atom is 0.249 e. The van der Waals surface area contributed by atoms with Crippen LogP contribution in [-0.2, 0) is 0 Å². The van der Waals surface area contributed by atoms with Gasteiger partial charge in [0, 0.05) is 12.8 Å². The number of hydrogen-bond donors (Lipinski definition) is 0. The van der Waals surface area contributed by atoms with Gasteiger partial charge in [-0.1, -0.05) is 18.2 Å². The summed E-state index contributed by atoms with van der Waals surface area (Å²) in [6.07, 6.45) is -0.429. The van der Waals surface area contributed by atoms with Crippen LogP contribution in [0.25, 0.3) is 0 Å². The maximum absolute atomic E-state index is 13.1. The molecule has 0 amide bonds. The van der Waals surface area contributed by atoms with Gasteiger partial charge in [-0.05, 0) is 17.5 Å². The molecule has 0 nitrogen and oxygen atoms in total. The quantitative estimate of drug-likeness (QED) is 0.631. The Morgan fingerprint density at radius 2 is 1.77 bits per heavy atom. The lowest BCUT2D eigenvalue weighted by atomic mass is 9.76. The van der Waals surface area contributed by atoms with E-state index in [1.807, 2.05) is 0 Å². The minimum absolute atomic E-state index is 0.214. The predicted octanol–water partition coefficient (Wildman–Crippen LogP) is 3.34. The van der Waals surface area contributed by atoms with Crippen LogP contribution in [0.5, 0.6) is 0 Å². The standard InChI is InChI=1S/C10H9F3/c11-9-4-2-1-3-8(9)7-5-10(12,13)6-7/h1-4,7H,5-6H2. The van der Waals surface area contributed by atoms with Crippen LogP contribution in [-0.4, -0.2) is 5.92 Å². The molecule has 0 radical (unpaired) electrons. The third kappa shape index (κ3) is 1.55. The summed E-state index contributed by atoms with van der Waals surface area (Å²) in [5.41, 5.74) is 0.424. The van der Waals surface area contributed by atoms with Gasteiger partial charge in [0.1, 0.15) is 5.82 Å². The van der Waals surface area contributed by atoms with Crippen molar-refractivity contribution in [2.75, 3.05) is 0 Å². The Balaban J connectivity index is 2.16. The van der Waals surface area contributed by atoms with E-state index in [0.717, 1.165) is 0 Å². The molecule has 1 saturated carbocycles. The first-order valence-corrected chi connectivity index (χ1v) is 4.21. The van der Waals surface area contributed by atoms with Crippen LogP contribution in [0.3, 0.4) is 0 Å². The lowest BCUT2D eigenvalue weighted by Crippen LogP contribution is -2.34. The van der Waals surface area contributed by atoms with E-state index in [4.69, 9.17) is 0 Å². The second-order valence-corrected chi connectivity index (χ2v) is 3.48. The summed E-state index contributed by atoms with van der Waals surface area (Å²) in [5.74, 6) is -3.24. The average Bonchev–Trinajstić information content (AvgIpc) is 2.01. The van der Waals surface area contributed by atoms with E-state index in [0.29, 0.717) is 5.56 Å². The fourth-order valence-corrected chi connectivity index (χ4v) is 1.69. The van der Waals surface area contributed by atoms with E-state index in [-0.39, 0.29) is 24.6 Å². The van der Waals surface area contributed by atoms with Gasteiger partial charge in [0.25, 0.3) is 0 Å². The summed E-state index contributed by atoms with van der Waals surface area (Å²) in [6, 6.07) is 6.13. The molecule has 1 aliphatic carbocycles. The number of rotatable bonds is 1. The summed E-state index contributed by atoms with van der Waals surface area (Å²) >= 11 is 0. The van der Waals surface area contributed by atoms with Crippen molar-refractivity contribution in [3.63, 3.8) is 0 Å². The van der Waals surface area contributed by atoms with Crippen molar-refractivity contribution in [2.24, 2.45) is 0 Å². The lowest BCUT2D eigenvalue weighted by Gasteiger charge is -2.35. The number of alkyl halides is 2. The van der Waals surface area contributed by atoms with Crippen LogP contribution in [0.2, 0.25) is 0 Å². The van der Waals surface area contributed by atoms with Crippen molar-refractivity contribution < 1.29 is 13.2 Å². The number of halogens is 3. The maximum atomic E-state index is 13.1. The van der Waals surface area contributed by atoms with Gasteiger partial charge in [0.05, 0.1) is 0 Å². The van der Waals surface area contributed by atoms with Gasteiger partial charge < -0.3 is 0 Å². The van der Waals surface area contributed by atoms with Gasteiger partial charge in [-0.25, -0.2) is 13.2 Å². The van der Waals surface area contributed by atoms with E-state index in [2.05, 4.69) is 0 Å². The Kier molecular flexibility index (Phi) is 1.82. The van der Waals surface area contributed by atoms with Gasteiger partial charge in [-0.3, -0.25) is 0 Å². The second-order valence-electron chi connectivity index (χ2n) is 3.48. The zero-order chi connectivity index (χ0) is 9.47. The van der Waals surface area contributed by atoms with Crippen LogP contribution in [0.4, 0.5) is 13.2 Å². The largest absolute Gasteiger partial charge is 0.249 e. The highest BCUT2D eigenvalue weighted by Gasteiger charge is 2.46. The summed E-state index contributed by atoms with van der Waals surface area (Å²) in [7, 11) is 0. The first kappa shape index (κ1) is 8.60. The van der Waals surface area contributed by atoms with E-state index in [1.165, 1.54) is 6.07 Å². The normalized spacial score (nSPS) is 21.2. The van der Waals surface area contributed by atoms with Crippen molar-refractivity contribution >= 4 is 0 Å². The third-order valence-electron chi connectivity index (χ3n) is 2.44. The molecule has 70 valence electrons. The van der Waals surface area contributed by atoms with Gasteiger partial charge in [-0.2, -0.15) is 0 Å². The van der Waals surface area contributed by atoms with Crippen LogP contribution in [0.15, 0.2) is 24.3 Å². The van der Waals surface area contributed by atoms with E-state index in [9.17, 15) is 13.2 Å². The molecule has 0 aromatic heterocycles. The average molecular weight is 186 g/mol. The molecule has 1 fully saturated rings. The fourth-order valence-electron chi connectivity index (χ4n) is 1.69. The summed E-state index contributed by atoms with van der Waals surface area (Å²) < 4.78 is 38.0. The summed E-state index contributed by atoms with van der Waals surface area (Å²) in [6.45, 7) is 0. The topological polar surface area (TPSA) is 0 Å². The minimum atomic E-state index is -2.58. The smallest absolute Gasteiger partial charge is 0.207 e. The van der Waals surface area contributed by atoms with Gasteiger partial charge in [0.15, 0.2) is 0 Å². The molecule has 3 heteroatoms. The van der Waals surface area contributed by atoms with Gasteiger partial charge >= 0.3 is 0 Å². The molecule has 0 aliphatic heterocycles. The van der Waals surface area contributed by atoms with Crippen LogP contribution < -0.4 is 0 Å². The number of hydrogen-bond acceptors (Lipinski definition) is 0. The van der Waals surface area contributed by atoms with E-state index >= 15 is 0 Å². The highest BCUT2D eigenvalue weighted by Crippen LogP contribution is 2.48. The Morgan fingerprint density at radius 1 is 1.15 bits per heavy atom. The van der Waals surface area contributed by atoms with Crippen LogP contribution in [0.1, 0.15) is 24.3 Å². The third-order valence-corrected chi connectivity index (χ3v) is 2.44. The second kappa shape index (κ2) is 2.76. The molecule has 0 bridgehead atoms. The van der Waals surface area contributed by atoms with Crippen LogP contribution >= 0.6 is 0 Å². The molecule has 1 aromatic carbocycles. The molecular weight excluding hydrogens is 177 g/mol. The molecule has 13 heavy (non-hydrogen) atoms. The molecule has 0 saturated heterocycles. The van der Waals surface area contributed by atoms with Gasteiger partial charge in [-0.15, -0.1) is 0 Å². The fraction of sp³-hybridized carbons (Fsp3) is 0.400. The van der Waals surface area contributed by atoms with Crippen molar-refractivity contribution in [3.8, 4) is 0 Å². The molecule has 0 unspecified atom stereocenters. The predicted molar refractivity (Wildman–Crippen MR) is 43.3 cm³/mol. The zero-order valence-electron chi connectivity index (χ0n) is 6.93. The van der Waals surface area contributed by atoms with Crippen molar-refractivity contribution in [1.29, 1.82) is 0 Å².